The van der Waals surface area contributed by atoms with Crippen molar-refractivity contribution in [2.24, 2.45) is 5.16 Å². The molecule has 2 fully saturated rings. The lowest BCUT2D eigenvalue weighted by Crippen LogP contribution is -2.34. The van der Waals surface area contributed by atoms with Crippen LogP contribution in [0.25, 0.3) is 0 Å². The summed E-state index contributed by atoms with van der Waals surface area (Å²) in [5, 5.41) is 7.02. The van der Waals surface area contributed by atoms with Crippen LogP contribution in [-0.4, -0.2) is 62.1 Å². The van der Waals surface area contributed by atoms with Gasteiger partial charge in [0.05, 0.1) is 22.3 Å². The van der Waals surface area contributed by atoms with Crippen LogP contribution >= 0.6 is 22.9 Å². The predicted octanol–water partition coefficient (Wildman–Crippen LogP) is 3.75. The minimum Gasteiger partial charge on any atom is -0.442 e. The first-order chi connectivity index (χ1) is 15.5. The largest absolute Gasteiger partial charge is 0.442 e. The highest BCUT2D eigenvalue weighted by Gasteiger charge is 2.33. The lowest BCUT2D eigenvalue weighted by Gasteiger charge is -2.20. The Hall–Kier alpha value is -2.78. The van der Waals surface area contributed by atoms with E-state index in [0.29, 0.717) is 22.2 Å². The van der Waals surface area contributed by atoms with E-state index in [-0.39, 0.29) is 12.5 Å². The van der Waals surface area contributed by atoms with Crippen molar-refractivity contribution < 1.29 is 19.2 Å². The molecule has 0 saturated carbocycles. The highest BCUT2D eigenvalue weighted by Crippen LogP contribution is 2.24. The van der Waals surface area contributed by atoms with Gasteiger partial charge in [-0.05, 0) is 42.7 Å². The first kappa shape index (κ1) is 22.4. The molecule has 4 rings (SSSR count). The molecule has 1 N–H and O–H groups in total. The number of oxime groups is 1. The van der Waals surface area contributed by atoms with E-state index < -0.39 is 12.2 Å². The number of halogens is 1. The fraction of sp³-hybridized carbons (Fsp3) is 0.409. The van der Waals surface area contributed by atoms with Crippen LogP contribution in [0.1, 0.15) is 28.1 Å². The summed E-state index contributed by atoms with van der Waals surface area (Å²) in [4.78, 5) is 34.1. The number of amides is 2. The van der Waals surface area contributed by atoms with Gasteiger partial charge in [-0.1, -0.05) is 28.9 Å². The summed E-state index contributed by atoms with van der Waals surface area (Å²) < 4.78 is 6.01. The van der Waals surface area contributed by atoms with Gasteiger partial charge in [0.25, 0.3) is 5.91 Å². The second kappa shape index (κ2) is 10.2. The van der Waals surface area contributed by atoms with Crippen molar-refractivity contribution >= 4 is 46.5 Å². The molecular weight excluding hydrogens is 452 g/mol. The van der Waals surface area contributed by atoms with Crippen LogP contribution in [0.4, 0.5) is 10.5 Å². The number of thiophene rings is 1. The summed E-state index contributed by atoms with van der Waals surface area (Å²) in [6.07, 6.45) is 2.07. The highest BCUT2D eigenvalue weighted by atomic mass is 35.5. The van der Waals surface area contributed by atoms with Crippen molar-refractivity contribution in [3.63, 3.8) is 0 Å². The van der Waals surface area contributed by atoms with Crippen molar-refractivity contribution in [2.45, 2.75) is 25.4 Å². The van der Waals surface area contributed by atoms with Gasteiger partial charge in [0.2, 0.25) is 0 Å². The molecule has 1 aromatic heterocycles. The van der Waals surface area contributed by atoms with Crippen LogP contribution in [0.15, 0.2) is 41.6 Å². The molecular formula is C22H25ClN4O4S. The van der Waals surface area contributed by atoms with Gasteiger partial charge in [0.1, 0.15) is 19.0 Å². The maximum absolute atomic E-state index is 12.5. The van der Waals surface area contributed by atoms with E-state index in [1.807, 2.05) is 24.3 Å². The smallest absolute Gasteiger partial charge is 0.414 e. The third-order valence-electron chi connectivity index (χ3n) is 5.41. The molecule has 0 aliphatic carbocycles. The second-order valence-electron chi connectivity index (χ2n) is 7.66. The molecule has 1 atom stereocenters. The molecule has 1 unspecified atom stereocenters. The van der Waals surface area contributed by atoms with Crippen LogP contribution < -0.4 is 10.2 Å². The number of benzene rings is 1. The summed E-state index contributed by atoms with van der Waals surface area (Å²) in [5.74, 6) is 0.658. The number of likely N-dealkylation sites (tertiary alicyclic amines) is 1. The molecule has 2 amide bonds. The molecule has 0 radical (unpaired) electrons. The van der Waals surface area contributed by atoms with Crippen LogP contribution in [-0.2, 0) is 16.0 Å². The Kier molecular flexibility index (Phi) is 7.16. The van der Waals surface area contributed by atoms with Crippen LogP contribution in [0.2, 0.25) is 4.34 Å². The van der Waals surface area contributed by atoms with Crippen molar-refractivity contribution in [2.75, 3.05) is 38.2 Å². The van der Waals surface area contributed by atoms with Crippen LogP contribution in [0.3, 0.4) is 0 Å². The molecule has 3 heterocycles. The Labute approximate surface area is 195 Å². The molecule has 0 spiro atoms. The molecule has 0 bridgehead atoms. The second-order valence-corrected chi connectivity index (χ2v) is 9.38. The lowest BCUT2D eigenvalue weighted by atomic mass is 10.1. The monoisotopic (exact) mass is 476 g/mol. The Balaban J connectivity index is 1.37. The predicted molar refractivity (Wildman–Crippen MR) is 125 cm³/mol. The third-order valence-corrected chi connectivity index (χ3v) is 6.64. The van der Waals surface area contributed by atoms with Gasteiger partial charge >= 0.3 is 6.09 Å². The maximum Gasteiger partial charge on any atom is 0.414 e. The molecule has 2 aliphatic rings. The van der Waals surface area contributed by atoms with Gasteiger partial charge in [0.15, 0.2) is 0 Å². The number of carbonyl (C=O) groups is 2. The molecule has 32 heavy (non-hydrogen) atoms. The maximum atomic E-state index is 12.5. The summed E-state index contributed by atoms with van der Waals surface area (Å²) in [5.41, 5.74) is 1.79. The average molecular weight is 477 g/mol. The fourth-order valence-corrected chi connectivity index (χ4v) is 4.83. The zero-order chi connectivity index (χ0) is 22.5. The summed E-state index contributed by atoms with van der Waals surface area (Å²) in [6, 6.07) is 11.1. The number of hydrogen-bond donors (Lipinski definition) is 1. The van der Waals surface area contributed by atoms with Crippen molar-refractivity contribution in [3.05, 3.63) is 51.2 Å². The van der Waals surface area contributed by atoms with E-state index in [1.54, 1.807) is 24.1 Å². The topological polar surface area (TPSA) is 83.5 Å². The van der Waals surface area contributed by atoms with Gasteiger partial charge in [-0.3, -0.25) is 9.69 Å². The quantitative estimate of drug-likeness (QED) is 0.374. The number of ether oxygens (including phenoxy) is 1. The zero-order valence-corrected chi connectivity index (χ0v) is 19.3. The van der Waals surface area contributed by atoms with Crippen LogP contribution in [0.5, 0.6) is 0 Å². The highest BCUT2D eigenvalue weighted by molar-refractivity contribution is 7.18. The number of amidine groups is 1. The number of hydrogen-bond acceptors (Lipinski definition) is 6. The lowest BCUT2D eigenvalue weighted by molar-refractivity contribution is 0.0920. The number of rotatable bonds is 7. The molecule has 170 valence electrons. The van der Waals surface area contributed by atoms with Gasteiger partial charge < -0.3 is 19.8 Å². The molecule has 1 aromatic carbocycles. The number of anilines is 1. The summed E-state index contributed by atoms with van der Waals surface area (Å²) in [6.45, 7) is 2.55. The Bertz CT molecular complexity index is 1010. The van der Waals surface area contributed by atoms with Crippen molar-refractivity contribution in [1.82, 2.24) is 10.2 Å². The minimum atomic E-state index is -0.430. The zero-order valence-electron chi connectivity index (χ0n) is 17.8. The van der Waals surface area contributed by atoms with E-state index in [1.165, 1.54) is 11.3 Å². The Morgan fingerprint density at radius 2 is 2.12 bits per heavy atom. The number of carbonyl (C=O) groups excluding carboxylic acids is 2. The number of nitrogens with one attached hydrogen (secondary N) is 1. The normalized spacial score (nSPS) is 18.8. The summed E-state index contributed by atoms with van der Waals surface area (Å²) in [7, 11) is 1.55. The first-order valence-electron chi connectivity index (χ1n) is 10.5. The molecule has 2 aliphatic heterocycles. The Morgan fingerprint density at radius 3 is 2.84 bits per heavy atom. The van der Waals surface area contributed by atoms with Gasteiger partial charge in [-0.2, -0.15) is 0 Å². The standard InChI is InChI=1S/C22H25ClN4O4S/c1-30-25-20(26-9-2-3-10-26)12-15-5-4-6-16(11-15)27-14-17(31-22(27)29)13-24-21(28)18-7-8-19(23)32-18/h4-8,11,17H,2-3,9-10,12-14H2,1H3,(H,24,28). The summed E-state index contributed by atoms with van der Waals surface area (Å²) >= 11 is 7.09. The van der Waals surface area contributed by atoms with Crippen molar-refractivity contribution in [1.29, 1.82) is 0 Å². The van der Waals surface area contributed by atoms with E-state index in [2.05, 4.69) is 15.4 Å². The third kappa shape index (κ3) is 5.34. The molecule has 8 nitrogen and oxygen atoms in total. The number of cyclic esters (lactones) is 1. The molecule has 2 aromatic rings. The molecule has 2 saturated heterocycles. The van der Waals surface area contributed by atoms with E-state index in [9.17, 15) is 9.59 Å². The minimum absolute atomic E-state index is 0.231. The van der Waals surface area contributed by atoms with Crippen molar-refractivity contribution in [3.8, 4) is 0 Å². The number of nitrogens with zero attached hydrogens (tertiary/aromatic N) is 3. The van der Waals surface area contributed by atoms with E-state index >= 15 is 0 Å². The van der Waals surface area contributed by atoms with Gasteiger partial charge in [-0.25, -0.2) is 4.79 Å². The molecule has 10 heteroatoms. The van der Waals surface area contributed by atoms with E-state index in [4.69, 9.17) is 21.2 Å². The van der Waals surface area contributed by atoms with E-state index in [0.717, 1.165) is 43.0 Å². The first-order valence-corrected chi connectivity index (χ1v) is 11.7. The average Bonchev–Trinajstić information content (AvgIpc) is 3.53. The van der Waals surface area contributed by atoms with Gasteiger partial charge in [-0.15, -0.1) is 11.3 Å². The van der Waals surface area contributed by atoms with Gasteiger partial charge in [0, 0.05) is 25.2 Å². The van der Waals surface area contributed by atoms with Crippen LogP contribution in [0, 0.1) is 0 Å². The SMILES string of the molecule is CON=C(Cc1cccc(N2CC(CNC(=O)c3ccc(Cl)s3)OC2=O)c1)N1CCCC1. The Morgan fingerprint density at radius 1 is 1.31 bits per heavy atom. The fourth-order valence-electron chi connectivity index (χ4n) is 3.87.